The number of nitrogens with one attached hydrogen (secondary N) is 1. The maximum absolute atomic E-state index is 12.5. The van der Waals surface area contributed by atoms with Gasteiger partial charge in [-0.25, -0.2) is 9.86 Å². The molecule has 0 aromatic heterocycles. The number of alkyl halides is 3. The third-order valence-corrected chi connectivity index (χ3v) is 2.51. The minimum Gasteiger partial charge on any atom is -0.465 e. The molecule has 0 heterocycles. The van der Waals surface area contributed by atoms with Crippen LogP contribution < -0.4 is 5.32 Å². The first-order valence-electron chi connectivity index (χ1n) is 6.23. The number of hydrogen-bond acceptors (Lipinski definition) is 3. The first-order valence-corrected chi connectivity index (χ1v) is 6.23. The van der Waals surface area contributed by atoms with Crippen molar-refractivity contribution >= 4 is 12.0 Å². The van der Waals surface area contributed by atoms with Crippen LogP contribution in [0.5, 0.6) is 0 Å². The average Bonchev–Trinajstić information content (AvgIpc) is 2.41. The predicted octanol–water partition coefficient (Wildman–Crippen LogP) is 2.17. The van der Waals surface area contributed by atoms with Crippen molar-refractivity contribution in [1.82, 2.24) is 10.4 Å². The highest BCUT2D eigenvalue weighted by atomic mass is 19.4. The molecule has 22 heavy (non-hydrogen) atoms. The number of carbonyl (C=O) groups is 2. The first kappa shape index (κ1) is 17.8. The van der Waals surface area contributed by atoms with Crippen molar-refractivity contribution in [2.75, 3.05) is 6.54 Å². The lowest BCUT2D eigenvalue weighted by Crippen LogP contribution is -2.49. The van der Waals surface area contributed by atoms with Gasteiger partial charge in [0.2, 0.25) is 0 Å². The van der Waals surface area contributed by atoms with E-state index in [1.54, 1.807) is 35.6 Å². The molecule has 0 aliphatic heterocycles. The molecule has 1 atom stereocenters. The summed E-state index contributed by atoms with van der Waals surface area (Å²) in [4.78, 5) is 27.2. The van der Waals surface area contributed by atoms with Gasteiger partial charge in [0, 0.05) is 0 Å². The zero-order valence-corrected chi connectivity index (χ0v) is 11.6. The molecule has 2 N–H and O–H groups in total. The second-order valence-electron chi connectivity index (χ2n) is 4.42. The Balaban J connectivity index is 2.74. The molecule has 1 aromatic rings. The summed E-state index contributed by atoms with van der Waals surface area (Å²) in [5, 5.41) is 10.4. The molecule has 0 bridgehead atoms. The minimum atomic E-state index is -4.67. The maximum atomic E-state index is 12.5. The Morgan fingerprint density at radius 3 is 2.41 bits per heavy atom. The zero-order chi connectivity index (χ0) is 16.8. The van der Waals surface area contributed by atoms with Crippen LogP contribution >= 0.6 is 0 Å². The molecule has 0 spiro atoms. The van der Waals surface area contributed by atoms with Crippen LogP contribution in [0.4, 0.5) is 18.0 Å². The fourth-order valence-corrected chi connectivity index (χ4v) is 1.54. The Hall–Kier alpha value is -2.29. The third kappa shape index (κ3) is 6.44. The van der Waals surface area contributed by atoms with Crippen LogP contribution in [0.2, 0.25) is 0 Å². The summed E-state index contributed by atoms with van der Waals surface area (Å²) in [6.07, 6.45) is -6.19. The van der Waals surface area contributed by atoms with E-state index in [0.29, 0.717) is 5.56 Å². The number of hydroxylamine groups is 2. The van der Waals surface area contributed by atoms with Crippen molar-refractivity contribution in [2.24, 2.45) is 0 Å². The molecule has 6 nitrogen and oxygen atoms in total. The van der Waals surface area contributed by atoms with E-state index in [1.165, 1.54) is 0 Å². The molecule has 2 amide bonds. The smallest absolute Gasteiger partial charge is 0.408 e. The van der Waals surface area contributed by atoms with Gasteiger partial charge in [0.1, 0.15) is 19.2 Å². The summed E-state index contributed by atoms with van der Waals surface area (Å²) in [5.41, 5.74) is 0.571. The van der Waals surface area contributed by atoms with E-state index in [1.807, 2.05) is 0 Å². The lowest BCUT2D eigenvalue weighted by Gasteiger charge is -2.25. The summed E-state index contributed by atoms with van der Waals surface area (Å²) in [7, 11) is 0. The molecule has 9 heteroatoms. The van der Waals surface area contributed by atoms with Gasteiger partial charge in [-0.3, -0.25) is 9.63 Å². The molecule has 1 rings (SSSR count). The van der Waals surface area contributed by atoms with Crippen molar-refractivity contribution in [3.63, 3.8) is 0 Å². The van der Waals surface area contributed by atoms with Crippen LogP contribution in [-0.4, -0.2) is 40.9 Å². The summed E-state index contributed by atoms with van der Waals surface area (Å²) in [5.74, 6) is -1.13. The highest BCUT2D eigenvalue weighted by Crippen LogP contribution is 2.18. The number of amides is 2. The molecular weight excluding hydrogens is 305 g/mol. The summed E-state index contributed by atoms with van der Waals surface area (Å²) < 4.78 is 37.5. The van der Waals surface area contributed by atoms with Crippen molar-refractivity contribution < 1.29 is 32.7 Å². The Morgan fingerprint density at radius 1 is 1.32 bits per heavy atom. The summed E-state index contributed by atoms with van der Waals surface area (Å²) in [6.45, 7) is -0.752. The van der Waals surface area contributed by atoms with E-state index in [9.17, 15) is 22.8 Å². The summed E-state index contributed by atoms with van der Waals surface area (Å²) in [6, 6.07) is 6.94. The molecule has 1 aromatic carbocycles. The van der Waals surface area contributed by atoms with E-state index in [-0.39, 0.29) is 11.7 Å². The second-order valence-corrected chi connectivity index (χ2v) is 4.42. The van der Waals surface area contributed by atoms with Crippen LogP contribution in [0.1, 0.15) is 12.5 Å². The normalized spacial score (nSPS) is 12.5. The highest BCUT2D eigenvalue weighted by Gasteiger charge is 2.35. The zero-order valence-electron chi connectivity index (χ0n) is 11.6. The molecule has 0 fully saturated rings. The summed E-state index contributed by atoms with van der Waals surface area (Å²) >= 11 is 0. The van der Waals surface area contributed by atoms with Gasteiger partial charge in [0.05, 0.1) is 0 Å². The van der Waals surface area contributed by atoms with Gasteiger partial charge in [0.15, 0.2) is 0 Å². The van der Waals surface area contributed by atoms with Crippen molar-refractivity contribution in [3.05, 3.63) is 35.9 Å². The van der Waals surface area contributed by atoms with Crippen molar-refractivity contribution in [2.45, 2.75) is 25.7 Å². The minimum absolute atomic E-state index is 0.119. The second kappa shape index (κ2) is 7.64. The van der Waals surface area contributed by atoms with E-state index < -0.39 is 30.8 Å². The average molecular weight is 320 g/mol. The Labute approximate surface area is 124 Å². The number of hydrogen-bond donors (Lipinski definition) is 2. The molecule has 0 radical (unpaired) electrons. The highest BCUT2D eigenvalue weighted by molar-refractivity contribution is 5.84. The van der Waals surface area contributed by atoms with E-state index in [2.05, 4.69) is 0 Å². The maximum Gasteiger partial charge on any atom is 0.408 e. The molecule has 122 valence electrons. The number of benzene rings is 1. The quantitative estimate of drug-likeness (QED) is 0.787. The first-order chi connectivity index (χ1) is 10.2. The number of halogens is 3. The number of rotatable bonds is 6. The molecule has 0 aliphatic rings. The number of nitrogens with zero attached hydrogens (tertiary/aromatic N) is 1. The van der Waals surface area contributed by atoms with Gasteiger partial charge < -0.3 is 10.4 Å². The lowest BCUT2D eigenvalue weighted by atomic mass is 10.2. The Morgan fingerprint density at radius 2 is 1.91 bits per heavy atom. The molecule has 0 saturated heterocycles. The van der Waals surface area contributed by atoms with Crippen LogP contribution in [0, 0.1) is 0 Å². The third-order valence-electron chi connectivity index (χ3n) is 2.51. The topological polar surface area (TPSA) is 78.9 Å². The van der Waals surface area contributed by atoms with Gasteiger partial charge >= 0.3 is 12.3 Å². The van der Waals surface area contributed by atoms with E-state index in [0.717, 1.165) is 6.92 Å². The van der Waals surface area contributed by atoms with Crippen LogP contribution in [-0.2, 0) is 16.2 Å². The van der Waals surface area contributed by atoms with Gasteiger partial charge in [-0.05, 0) is 12.5 Å². The largest absolute Gasteiger partial charge is 0.465 e. The van der Waals surface area contributed by atoms with Crippen molar-refractivity contribution in [3.8, 4) is 0 Å². The van der Waals surface area contributed by atoms with Gasteiger partial charge in [0.25, 0.3) is 5.91 Å². The number of carboxylic acid groups (broad SMARTS) is 1. The molecule has 1 unspecified atom stereocenters. The molecule has 0 aliphatic carbocycles. The Bertz CT molecular complexity index is 508. The van der Waals surface area contributed by atoms with E-state index >= 15 is 0 Å². The van der Waals surface area contributed by atoms with Gasteiger partial charge in [-0.1, -0.05) is 30.3 Å². The number of carbonyl (C=O) groups excluding carboxylic acids is 1. The fourth-order valence-electron chi connectivity index (χ4n) is 1.54. The standard InChI is InChI=1S/C13H15F3N2O4/c1-9(17-12(20)21)11(19)18(8-13(14,15)16)22-7-10-5-3-2-4-6-10/h2-6,9,17H,7-8H2,1H3,(H,20,21). The monoisotopic (exact) mass is 320 g/mol. The van der Waals surface area contributed by atoms with Crippen LogP contribution in [0.25, 0.3) is 0 Å². The van der Waals surface area contributed by atoms with Crippen LogP contribution in [0.15, 0.2) is 30.3 Å². The van der Waals surface area contributed by atoms with E-state index in [4.69, 9.17) is 9.94 Å². The SMILES string of the molecule is CC(NC(=O)O)C(=O)N(CC(F)(F)F)OCc1ccccc1. The predicted molar refractivity (Wildman–Crippen MR) is 69.6 cm³/mol. The lowest BCUT2D eigenvalue weighted by molar-refractivity contribution is -0.238. The van der Waals surface area contributed by atoms with Gasteiger partial charge in [-0.2, -0.15) is 13.2 Å². The van der Waals surface area contributed by atoms with Gasteiger partial charge in [-0.15, -0.1) is 0 Å². The molecular formula is C13H15F3N2O4. The Kier molecular flexibility index (Phi) is 6.17. The molecule has 0 saturated carbocycles. The van der Waals surface area contributed by atoms with Crippen molar-refractivity contribution in [1.29, 1.82) is 0 Å². The fraction of sp³-hybridized carbons (Fsp3) is 0.385. The van der Waals surface area contributed by atoms with Crippen LogP contribution in [0.3, 0.4) is 0 Å².